The highest BCUT2D eigenvalue weighted by Gasteiger charge is 2.23. The van der Waals surface area contributed by atoms with E-state index in [4.69, 9.17) is 20.5 Å². The largest absolute Gasteiger partial charge is 0.494 e. The van der Waals surface area contributed by atoms with Gasteiger partial charge in [-0.05, 0) is 68.3 Å². The van der Waals surface area contributed by atoms with Crippen molar-refractivity contribution in [1.82, 2.24) is 4.98 Å². The fraction of sp³-hybridized carbons (Fsp3) is 0.211. The first-order valence-corrected chi connectivity index (χ1v) is 9.84. The quantitative estimate of drug-likeness (QED) is 0.591. The summed E-state index contributed by atoms with van der Waals surface area (Å²) in [7, 11) is -4.04. The molecule has 0 atom stereocenters. The molecule has 2 aromatic carbocycles. The van der Waals surface area contributed by atoms with E-state index in [1.807, 2.05) is 13.8 Å². The molecule has 0 unspecified atom stereocenters. The van der Waals surface area contributed by atoms with E-state index < -0.39 is 10.1 Å². The van der Waals surface area contributed by atoms with Crippen LogP contribution in [0.25, 0.3) is 10.9 Å². The van der Waals surface area contributed by atoms with Crippen LogP contribution >= 0.6 is 11.6 Å². The van der Waals surface area contributed by atoms with Gasteiger partial charge in [0.15, 0.2) is 5.75 Å². The van der Waals surface area contributed by atoms with Crippen molar-refractivity contribution in [3.63, 3.8) is 0 Å². The van der Waals surface area contributed by atoms with Crippen molar-refractivity contribution in [3.05, 3.63) is 58.7 Å². The molecular formula is C19H18ClNO4S. The molecule has 7 heteroatoms. The molecule has 0 spiro atoms. The predicted molar refractivity (Wildman–Crippen MR) is 102 cm³/mol. The Morgan fingerprint density at radius 1 is 1.04 bits per heavy atom. The normalized spacial score (nSPS) is 11.5. The van der Waals surface area contributed by atoms with Crippen LogP contribution in [0.4, 0.5) is 0 Å². The van der Waals surface area contributed by atoms with Crippen molar-refractivity contribution in [1.29, 1.82) is 0 Å². The first-order chi connectivity index (χ1) is 12.3. The smallest absolute Gasteiger partial charge is 0.339 e. The van der Waals surface area contributed by atoms with Crippen molar-refractivity contribution >= 4 is 32.6 Å². The van der Waals surface area contributed by atoms with E-state index >= 15 is 0 Å². The summed E-state index contributed by atoms with van der Waals surface area (Å²) in [5, 5.41) is 1.10. The number of halogens is 1. The van der Waals surface area contributed by atoms with Crippen molar-refractivity contribution in [2.45, 2.75) is 25.7 Å². The maximum absolute atomic E-state index is 12.8. The zero-order valence-electron chi connectivity index (χ0n) is 14.6. The molecule has 0 amide bonds. The van der Waals surface area contributed by atoms with Gasteiger partial charge in [0.2, 0.25) is 0 Å². The van der Waals surface area contributed by atoms with Crippen LogP contribution in [0.15, 0.2) is 47.5 Å². The summed E-state index contributed by atoms with van der Waals surface area (Å²) >= 11 is 6.15. The highest BCUT2D eigenvalue weighted by molar-refractivity contribution is 7.87. The Morgan fingerprint density at radius 2 is 1.77 bits per heavy atom. The number of hydrogen-bond donors (Lipinski definition) is 0. The number of hydrogen-bond acceptors (Lipinski definition) is 5. The minimum absolute atomic E-state index is 0.0949. The number of nitrogens with zero attached hydrogens (tertiary/aromatic N) is 1. The van der Waals surface area contributed by atoms with Crippen molar-refractivity contribution in [2.24, 2.45) is 0 Å². The number of rotatable bonds is 5. The summed E-state index contributed by atoms with van der Waals surface area (Å²) in [6.45, 7) is 5.93. The fourth-order valence-electron chi connectivity index (χ4n) is 2.70. The number of fused-ring (bicyclic) bond motifs is 1. The average molecular weight is 392 g/mol. The Bertz CT molecular complexity index is 1080. The summed E-state index contributed by atoms with van der Waals surface area (Å²) < 4.78 is 36.6. The van der Waals surface area contributed by atoms with Crippen LogP contribution in [-0.2, 0) is 10.1 Å². The zero-order valence-corrected chi connectivity index (χ0v) is 16.2. The van der Waals surface area contributed by atoms with E-state index in [0.29, 0.717) is 33.8 Å². The highest BCUT2D eigenvalue weighted by atomic mass is 35.5. The number of ether oxygens (including phenoxy) is 1. The molecule has 0 aliphatic rings. The van der Waals surface area contributed by atoms with Crippen LogP contribution in [0.3, 0.4) is 0 Å². The number of pyridine rings is 1. The van der Waals surface area contributed by atoms with Crippen molar-refractivity contribution < 1.29 is 17.3 Å². The van der Waals surface area contributed by atoms with Crippen LogP contribution in [0, 0.1) is 13.8 Å². The molecular weight excluding hydrogens is 374 g/mol. The van der Waals surface area contributed by atoms with Gasteiger partial charge >= 0.3 is 10.1 Å². The van der Waals surface area contributed by atoms with Crippen LogP contribution in [0.5, 0.6) is 11.5 Å². The molecule has 0 bridgehead atoms. The van der Waals surface area contributed by atoms with E-state index in [1.165, 1.54) is 12.1 Å². The molecule has 3 rings (SSSR count). The molecule has 26 heavy (non-hydrogen) atoms. The van der Waals surface area contributed by atoms with Gasteiger partial charge in [0, 0.05) is 11.6 Å². The molecule has 1 heterocycles. The van der Waals surface area contributed by atoms with E-state index in [-0.39, 0.29) is 10.6 Å². The third kappa shape index (κ3) is 3.34. The average Bonchev–Trinajstić information content (AvgIpc) is 2.61. The van der Waals surface area contributed by atoms with Crippen LogP contribution in [0.1, 0.15) is 18.1 Å². The lowest BCUT2D eigenvalue weighted by Gasteiger charge is -2.15. The maximum atomic E-state index is 12.8. The minimum Gasteiger partial charge on any atom is -0.494 e. The maximum Gasteiger partial charge on any atom is 0.339 e. The third-order valence-corrected chi connectivity index (χ3v) is 5.85. The molecule has 0 saturated carbocycles. The summed E-state index contributed by atoms with van der Waals surface area (Å²) in [4.78, 5) is 4.30. The molecule has 0 fully saturated rings. The Balaban J connectivity index is 2.06. The van der Waals surface area contributed by atoms with Crippen molar-refractivity contribution in [2.75, 3.05) is 6.61 Å². The molecule has 0 N–H and O–H groups in total. The van der Waals surface area contributed by atoms with Gasteiger partial charge in [-0.2, -0.15) is 8.42 Å². The topological polar surface area (TPSA) is 65.5 Å². The number of benzene rings is 2. The van der Waals surface area contributed by atoms with E-state index in [0.717, 1.165) is 5.56 Å². The predicted octanol–water partition coefficient (Wildman–Crippen LogP) is 4.67. The summed E-state index contributed by atoms with van der Waals surface area (Å²) in [5.74, 6) is 0.790. The lowest BCUT2D eigenvalue weighted by atomic mass is 10.1. The lowest BCUT2D eigenvalue weighted by molar-refractivity contribution is 0.337. The standard InChI is InChI=1S/C19H18ClNO4S/c1-4-24-16-9-10-18(13(3)12(16)2)26(22,23)25-17-8-7-15(20)14-6-5-11-21-19(14)17/h5-11H,4H2,1-3H3. The van der Waals surface area contributed by atoms with Gasteiger partial charge in [0.25, 0.3) is 0 Å². The lowest BCUT2D eigenvalue weighted by Crippen LogP contribution is -2.13. The first kappa shape index (κ1) is 18.5. The monoisotopic (exact) mass is 391 g/mol. The van der Waals surface area contributed by atoms with E-state index in [1.54, 1.807) is 37.4 Å². The highest BCUT2D eigenvalue weighted by Crippen LogP contribution is 2.33. The van der Waals surface area contributed by atoms with E-state index in [2.05, 4.69) is 4.98 Å². The van der Waals surface area contributed by atoms with Gasteiger partial charge in [-0.15, -0.1) is 0 Å². The Hall–Kier alpha value is -2.31. The molecule has 3 aromatic rings. The second-order valence-corrected chi connectivity index (χ2v) is 7.65. The summed E-state index contributed by atoms with van der Waals surface area (Å²) in [6.07, 6.45) is 1.56. The molecule has 136 valence electrons. The van der Waals surface area contributed by atoms with Gasteiger partial charge < -0.3 is 8.92 Å². The van der Waals surface area contributed by atoms with E-state index in [9.17, 15) is 8.42 Å². The molecule has 0 aliphatic heterocycles. The Kier molecular flexibility index (Phi) is 5.07. The molecule has 1 aromatic heterocycles. The van der Waals surface area contributed by atoms with Gasteiger partial charge in [-0.1, -0.05) is 11.6 Å². The van der Waals surface area contributed by atoms with Gasteiger partial charge in [-0.25, -0.2) is 0 Å². The Labute approximate surface area is 157 Å². The molecule has 0 radical (unpaired) electrons. The van der Waals surface area contributed by atoms with Crippen LogP contribution < -0.4 is 8.92 Å². The molecule has 0 saturated heterocycles. The number of aromatic nitrogens is 1. The van der Waals surface area contributed by atoms with Gasteiger partial charge in [0.1, 0.15) is 16.2 Å². The Morgan fingerprint density at radius 3 is 2.50 bits per heavy atom. The zero-order chi connectivity index (χ0) is 18.9. The first-order valence-electron chi connectivity index (χ1n) is 8.06. The van der Waals surface area contributed by atoms with Crippen molar-refractivity contribution in [3.8, 4) is 11.5 Å². The fourth-order valence-corrected chi connectivity index (χ4v) is 4.13. The van der Waals surface area contributed by atoms with Gasteiger partial charge in [-0.3, -0.25) is 4.98 Å². The second kappa shape index (κ2) is 7.13. The second-order valence-electron chi connectivity index (χ2n) is 5.73. The molecule has 0 aliphatic carbocycles. The summed E-state index contributed by atoms with van der Waals surface area (Å²) in [6, 6.07) is 9.72. The van der Waals surface area contributed by atoms with Gasteiger partial charge in [0.05, 0.1) is 11.6 Å². The minimum atomic E-state index is -4.04. The SMILES string of the molecule is CCOc1ccc(S(=O)(=O)Oc2ccc(Cl)c3cccnc23)c(C)c1C. The summed E-state index contributed by atoms with van der Waals surface area (Å²) in [5.41, 5.74) is 1.74. The van der Waals surface area contributed by atoms with Crippen LogP contribution in [0.2, 0.25) is 5.02 Å². The van der Waals surface area contributed by atoms with Crippen LogP contribution in [-0.4, -0.2) is 20.0 Å². The third-order valence-electron chi connectivity index (χ3n) is 4.14. The molecule has 5 nitrogen and oxygen atoms in total.